The summed E-state index contributed by atoms with van der Waals surface area (Å²) >= 11 is 0. The van der Waals surface area contributed by atoms with E-state index in [9.17, 15) is 4.79 Å². The van der Waals surface area contributed by atoms with Crippen molar-refractivity contribution in [3.05, 3.63) is 29.3 Å². The first-order valence-electron chi connectivity index (χ1n) is 6.61. The fraction of sp³-hybridized carbons (Fsp3) is 0.533. The maximum absolute atomic E-state index is 11.9. The van der Waals surface area contributed by atoms with E-state index < -0.39 is 0 Å². The second-order valence-electron chi connectivity index (χ2n) is 4.77. The highest BCUT2D eigenvalue weighted by Crippen LogP contribution is 2.26. The maximum atomic E-state index is 11.9. The van der Waals surface area contributed by atoms with E-state index in [0.717, 1.165) is 24.2 Å². The molecule has 92 valence electrons. The molecule has 17 heavy (non-hydrogen) atoms. The predicted octanol–water partition coefficient (Wildman–Crippen LogP) is 3.58. The second-order valence-corrected chi connectivity index (χ2v) is 4.77. The summed E-state index contributed by atoms with van der Waals surface area (Å²) < 4.78 is 0. The zero-order chi connectivity index (χ0) is 12.3. The Labute approximate surface area is 104 Å². The fourth-order valence-corrected chi connectivity index (χ4v) is 2.59. The quantitative estimate of drug-likeness (QED) is 0.741. The minimum atomic E-state index is 0.251. The van der Waals surface area contributed by atoms with Crippen molar-refractivity contribution in [2.75, 3.05) is 18.0 Å². The minimum Gasteiger partial charge on any atom is -0.371 e. The molecule has 1 aromatic rings. The van der Waals surface area contributed by atoms with E-state index in [1.54, 1.807) is 0 Å². The summed E-state index contributed by atoms with van der Waals surface area (Å²) in [7, 11) is 0. The van der Waals surface area contributed by atoms with Gasteiger partial charge in [-0.15, -0.1) is 0 Å². The van der Waals surface area contributed by atoms with E-state index >= 15 is 0 Å². The van der Waals surface area contributed by atoms with Crippen LogP contribution < -0.4 is 4.90 Å². The Hall–Kier alpha value is -1.31. The van der Waals surface area contributed by atoms with E-state index in [2.05, 4.69) is 17.9 Å². The third-order valence-corrected chi connectivity index (χ3v) is 3.62. The monoisotopic (exact) mass is 231 g/mol. The van der Waals surface area contributed by atoms with Gasteiger partial charge in [0.1, 0.15) is 0 Å². The van der Waals surface area contributed by atoms with Gasteiger partial charge in [-0.05, 0) is 37.8 Å². The average molecular weight is 231 g/mol. The van der Waals surface area contributed by atoms with Crippen molar-refractivity contribution in [1.29, 1.82) is 0 Å². The van der Waals surface area contributed by atoms with Gasteiger partial charge in [0.25, 0.3) is 0 Å². The smallest absolute Gasteiger partial charge is 0.162 e. The molecule has 1 aliphatic rings. The molecule has 0 saturated carbocycles. The third-order valence-electron chi connectivity index (χ3n) is 3.62. The Morgan fingerprint density at radius 2 is 1.94 bits per heavy atom. The van der Waals surface area contributed by atoms with Crippen LogP contribution in [0.25, 0.3) is 0 Å². The summed E-state index contributed by atoms with van der Waals surface area (Å²) in [6.45, 7) is 6.26. The molecule has 0 aliphatic carbocycles. The summed E-state index contributed by atoms with van der Waals surface area (Å²) in [5.41, 5.74) is 3.31. The molecule has 1 fully saturated rings. The number of piperidine rings is 1. The second kappa shape index (κ2) is 5.35. The summed E-state index contributed by atoms with van der Waals surface area (Å²) in [6, 6.07) is 6.11. The van der Waals surface area contributed by atoms with Gasteiger partial charge in [0, 0.05) is 30.8 Å². The molecule has 1 aromatic carbocycles. The summed E-state index contributed by atoms with van der Waals surface area (Å²) in [6.07, 6.45) is 4.46. The van der Waals surface area contributed by atoms with Gasteiger partial charge in [-0.3, -0.25) is 4.79 Å². The SMILES string of the molecule is CCC(=O)c1cccc(N2CCCCC2)c1C. The van der Waals surface area contributed by atoms with Crippen LogP contribution in [0, 0.1) is 6.92 Å². The highest BCUT2D eigenvalue weighted by molar-refractivity contribution is 5.98. The van der Waals surface area contributed by atoms with Crippen LogP contribution in [0.3, 0.4) is 0 Å². The first-order chi connectivity index (χ1) is 8.24. The van der Waals surface area contributed by atoms with E-state index in [4.69, 9.17) is 0 Å². The van der Waals surface area contributed by atoms with E-state index in [0.29, 0.717) is 6.42 Å². The van der Waals surface area contributed by atoms with Crippen molar-refractivity contribution in [3.8, 4) is 0 Å². The number of rotatable bonds is 3. The van der Waals surface area contributed by atoms with Gasteiger partial charge in [-0.2, -0.15) is 0 Å². The number of ketones is 1. The van der Waals surface area contributed by atoms with Gasteiger partial charge in [0.2, 0.25) is 0 Å². The van der Waals surface area contributed by atoms with Gasteiger partial charge < -0.3 is 4.90 Å². The lowest BCUT2D eigenvalue weighted by Gasteiger charge is -2.30. The Bertz CT molecular complexity index is 405. The van der Waals surface area contributed by atoms with E-state index in [-0.39, 0.29) is 5.78 Å². The zero-order valence-electron chi connectivity index (χ0n) is 10.8. The van der Waals surface area contributed by atoms with Gasteiger partial charge in [-0.25, -0.2) is 0 Å². The molecule has 0 N–H and O–H groups in total. The molecule has 0 amide bonds. The molecule has 2 nitrogen and oxygen atoms in total. The fourth-order valence-electron chi connectivity index (χ4n) is 2.59. The topological polar surface area (TPSA) is 20.3 Å². The van der Waals surface area contributed by atoms with Gasteiger partial charge in [0.05, 0.1) is 0 Å². The molecule has 1 heterocycles. The number of hydrogen-bond donors (Lipinski definition) is 0. The van der Waals surface area contributed by atoms with Crippen LogP contribution in [0.4, 0.5) is 5.69 Å². The molecule has 0 bridgehead atoms. The molecule has 1 aliphatic heterocycles. The summed E-state index contributed by atoms with van der Waals surface area (Å²) in [5, 5.41) is 0. The van der Waals surface area contributed by atoms with E-state index in [1.807, 2.05) is 19.1 Å². The average Bonchev–Trinajstić information content (AvgIpc) is 2.39. The van der Waals surface area contributed by atoms with Crippen molar-refractivity contribution in [2.45, 2.75) is 39.5 Å². The number of anilines is 1. The standard InChI is InChI=1S/C15H21NO/c1-3-15(17)13-8-7-9-14(12(13)2)16-10-5-4-6-11-16/h7-9H,3-6,10-11H2,1-2H3. The molecular formula is C15H21NO. The molecule has 0 atom stereocenters. The number of hydrogen-bond acceptors (Lipinski definition) is 2. The summed E-state index contributed by atoms with van der Waals surface area (Å²) in [5.74, 6) is 0.251. The number of carbonyl (C=O) groups is 1. The van der Waals surface area contributed by atoms with Crippen molar-refractivity contribution in [2.24, 2.45) is 0 Å². The lowest BCUT2D eigenvalue weighted by atomic mass is 9.99. The van der Waals surface area contributed by atoms with Crippen molar-refractivity contribution in [3.63, 3.8) is 0 Å². The third kappa shape index (κ3) is 2.51. The maximum Gasteiger partial charge on any atom is 0.162 e. The van der Waals surface area contributed by atoms with E-state index in [1.165, 1.54) is 24.9 Å². The van der Waals surface area contributed by atoms with Crippen LogP contribution in [0.1, 0.15) is 48.5 Å². The zero-order valence-corrected chi connectivity index (χ0v) is 10.8. The molecule has 2 heteroatoms. The molecule has 1 saturated heterocycles. The predicted molar refractivity (Wildman–Crippen MR) is 71.9 cm³/mol. The number of nitrogens with zero attached hydrogens (tertiary/aromatic N) is 1. The Morgan fingerprint density at radius 3 is 2.59 bits per heavy atom. The molecule has 0 radical (unpaired) electrons. The van der Waals surface area contributed by atoms with Crippen LogP contribution in [-0.4, -0.2) is 18.9 Å². The molecule has 0 spiro atoms. The highest BCUT2D eigenvalue weighted by Gasteiger charge is 2.16. The molecule has 0 unspecified atom stereocenters. The Kier molecular flexibility index (Phi) is 3.82. The number of benzene rings is 1. The highest BCUT2D eigenvalue weighted by atomic mass is 16.1. The normalized spacial score (nSPS) is 16.0. The van der Waals surface area contributed by atoms with Crippen molar-refractivity contribution in [1.82, 2.24) is 0 Å². The number of Topliss-reactive ketones (excluding diaryl/α,β-unsaturated/α-hetero) is 1. The van der Waals surface area contributed by atoms with Crippen molar-refractivity contribution < 1.29 is 4.79 Å². The lowest BCUT2D eigenvalue weighted by molar-refractivity contribution is 0.0987. The van der Waals surface area contributed by atoms with Gasteiger partial charge in [-0.1, -0.05) is 19.1 Å². The lowest BCUT2D eigenvalue weighted by Crippen LogP contribution is -2.30. The van der Waals surface area contributed by atoms with Crippen LogP contribution in [0.2, 0.25) is 0 Å². The van der Waals surface area contributed by atoms with Crippen LogP contribution in [0.15, 0.2) is 18.2 Å². The van der Waals surface area contributed by atoms with Gasteiger partial charge in [0.15, 0.2) is 5.78 Å². The summed E-state index contributed by atoms with van der Waals surface area (Å²) in [4.78, 5) is 14.3. The first-order valence-corrected chi connectivity index (χ1v) is 6.61. The number of carbonyl (C=O) groups excluding carboxylic acids is 1. The van der Waals surface area contributed by atoms with Crippen LogP contribution in [0.5, 0.6) is 0 Å². The molecule has 0 aromatic heterocycles. The van der Waals surface area contributed by atoms with Crippen molar-refractivity contribution >= 4 is 11.5 Å². The van der Waals surface area contributed by atoms with Crippen LogP contribution >= 0.6 is 0 Å². The Balaban J connectivity index is 2.31. The molecule has 2 rings (SSSR count). The largest absolute Gasteiger partial charge is 0.371 e. The van der Waals surface area contributed by atoms with Gasteiger partial charge >= 0.3 is 0 Å². The first kappa shape index (κ1) is 12.2. The van der Waals surface area contributed by atoms with Crippen LogP contribution in [-0.2, 0) is 0 Å². The molecular weight excluding hydrogens is 210 g/mol. The minimum absolute atomic E-state index is 0.251. The Morgan fingerprint density at radius 1 is 1.24 bits per heavy atom.